The number of nitrogens with zero attached hydrogens (tertiary/aromatic N) is 1. The zero-order valence-electron chi connectivity index (χ0n) is 21.9. The number of anilines is 3. The average Bonchev–Trinajstić information content (AvgIpc) is 2.96. The van der Waals surface area contributed by atoms with Crippen molar-refractivity contribution in [1.82, 2.24) is 0 Å². The van der Waals surface area contributed by atoms with Crippen molar-refractivity contribution >= 4 is 43.0 Å². The molecule has 14 heteroatoms. The summed E-state index contributed by atoms with van der Waals surface area (Å²) in [6.07, 6.45) is -4.65. The summed E-state index contributed by atoms with van der Waals surface area (Å²) < 4.78 is 99.4. The van der Waals surface area contributed by atoms with Gasteiger partial charge < -0.3 is 10.1 Å². The van der Waals surface area contributed by atoms with Crippen molar-refractivity contribution in [3.63, 3.8) is 0 Å². The molecule has 0 saturated carbocycles. The van der Waals surface area contributed by atoms with Gasteiger partial charge in [0, 0.05) is 11.4 Å². The Hall–Kier alpha value is -4.56. The van der Waals surface area contributed by atoms with Crippen LogP contribution in [0.2, 0.25) is 0 Å². The summed E-state index contributed by atoms with van der Waals surface area (Å²) in [5.41, 5.74) is -0.930. The highest BCUT2D eigenvalue weighted by Gasteiger charge is 2.31. The molecule has 0 atom stereocenters. The number of nitrogens with one attached hydrogen (secondary N) is 2. The third-order valence-electron chi connectivity index (χ3n) is 5.87. The van der Waals surface area contributed by atoms with Crippen LogP contribution < -0.4 is 19.1 Å². The van der Waals surface area contributed by atoms with Crippen molar-refractivity contribution in [2.75, 3.05) is 28.0 Å². The Morgan fingerprint density at radius 3 is 2.02 bits per heavy atom. The van der Waals surface area contributed by atoms with Crippen LogP contribution in [0.4, 0.5) is 30.2 Å². The Labute approximate surface area is 240 Å². The summed E-state index contributed by atoms with van der Waals surface area (Å²) in [6.45, 7) is -0.610. The maximum Gasteiger partial charge on any atom is 0.416 e. The second-order valence-electron chi connectivity index (χ2n) is 8.78. The van der Waals surface area contributed by atoms with E-state index in [0.29, 0.717) is 11.8 Å². The Bertz CT molecular complexity index is 1760. The van der Waals surface area contributed by atoms with Crippen molar-refractivity contribution in [3.05, 3.63) is 109 Å². The highest BCUT2D eigenvalue weighted by molar-refractivity contribution is 7.93. The highest BCUT2D eigenvalue weighted by Crippen LogP contribution is 2.31. The average molecular weight is 620 g/mol. The van der Waals surface area contributed by atoms with Crippen LogP contribution in [0.1, 0.15) is 5.56 Å². The normalized spacial score (nSPS) is 11.9. The number of sulfonamides is 2. The predicted octanol–water partition coefficient (Wildman–Crippen LogP) is 5.35. The zero-order chi connectivity index (χ0) is 30.5. The summed E-state index contributed by atoms with van der Waals surface area (Å²) in [6, 6.07) is 22.2. The van der Waals surface area contributed by atoms with E-state index in [0.717, 1.165) is 28.6 Å². The van der Waals surface area contributed by atoms with Crippen LogP contribution in [0.5, 0.6) is 5.75 Å². The van der Waals surface area contributed by atoms with Crippen molar-refractivity contribution in [2.45, 2.75) is 16.0 Å². The molecule has 0 aliphatic rings. The standard InChI is InChI=1S/C28H24F3N3O6S2/c1-40-24-14-12-23(13-15-24)34(42(38,39)26-8-3-2-4-9-26)19-27(35)32-21-10-16-25(17-11-21)41(36,37)33-22-7-5-6-20(18-22)28(29,30)31/h2-18,33H,19H2,1H3,(H,32,35). The maximum absolute atomic E-state index is 13.4. The summed E-state index contributed by atoms with van der Waals surface area (Å²) in [4.78, 5) is 12.7. The first-order valence-corrected chi connectivity index (χ1v) is 15.0. The molecule has 42 heavy (non-hydrogen) atoms. The second-order valence-corrected chi connectivity index (χ2v) is 12.3. The van der Waals surface area contributed by atoms with Crippen molar-refractivity contribution < 1.29 is 39.5 Å². The molecule has 0 heterocycles. The number of ether oxygens (including phenoxy) is 1. The molecule has 0 bridgehead atoms. The van der Waals surface area contributed by atoms with Gasteiger partial charge >= 0.3 is 6.18 Å². The molecular formula is C28H24F3N3O6S2. The number of carbonyl (C=O) groups is 1. The van der Waals surface area contributed by atoms with Crippen LogP contribution in [0, 0.1) is 0 Å². The molecule has 0 unspecified atom stereocenters. The number of benzene rings is 4. The Kier molecular flexibility index (Phi) is 8.78. The number of rotatable bonds is 10. The summed E-state index contributed by atoms with van der Waals surface area (Å²) >= 11 is 0. The molecule has 2 N–H and O–H groups in total. The lowest BCUT2D eigenvalue weighted by molar-refractivity contribution is -0.137. The molecule has 1 amide bonds. The highest BCUT2D eigenvalue weighted by atomic mass is 32.2. The van der Waals surface area contributed by atoms with Gasteiger partial charge in [0.25, 0.3) is 20.0 Å². The molecule has 4 aromatic carbocycles. The number of halogens is 3. The molecule has 4 aromatic rings. The molecule has 0 spiro atoms. The quantitative estimate of drug-likeness (QED) is 0.247. The Morgan fingerprint density at radius 1 is 0.786 bits per heavy atom. The molecule has 0 radical (unpaired) electrons. The number of hydrogen-bond donors (Lipinski definition) is 2. The third-order valence-corrected chi connectivity index (χ3v) is 9.05. The van der Waals surface area contributed by atoms with Gasteiger partial charge in [-0.25, -0.2) is 16.8 Å². The molecule has 0 aliphatic carbocycles. The van der Waals surface area contributed by atoms with Gasteiger partial charge in [-0.1, -0.05) is 24.3 Å². The Balaban J connectivity index is 1.51. The van der Waals surface area contributed by atoms with E-state index >= 15 is 0 Å². The van der Waals surface area contributed by atoms with Crippen molar-refractivity contribution in [2.24, 2.45) is 0 Å². The van der Waals surface area contributed by atoms with E-state index in [9.17, 15) is 34.8 Å². The van der Waals surface area contributed by atoms with E-state index in [2.05, 4.69) is 10.0 Å². The fourth-order valence-corrected chi connectivity index (χ4v) is 6.30. The predicted molar refractivity (Wildman–Crippen MR) is 151 cm³/mol. The van der Waals surface area contributed by atoms with Gasteiger partial charge in [-0.05, 0) is 78.9 Å². The van der Waals surface area contributed by atoms with Gasteiger partial charge in [-0.2, -0.15) is 13.2 Å². The molecule has 0 fully saturated rings. The fraction of sp³-hybridized carbons (Fsp3) is 0.107. The third kappa shape index (κ3) is 7.19. The molecule has 9 nitrogen and oxygen atoms in total. The smallest absolute Gasteiger partial charge is 0.416 e. The molecule has 220 valence electrons. The van der Waals surface area contributed by atoms with E-state index in [4.69, 9.17) is 4.74 Å². The lowest BCUT2D eigenvalue weighted by atomic mass is 10.2. The number of carbonyl (C=O) groups excluding carboxylic acids is 1. The van der Waals surface area contributed by atoms with E-state index < -0.39 is 44.2 Å². The van der Waals surface area contributed by atoms with E-state index in [1.54, 1.807) is 30.3 Å². The van der Waals surface area contributed by atoms with Crippen molar-refractivity contribution in [3.8, 4) is 5.75 Å². The van der Waals surface area contributed by atoms with Crippen molar-refractivity contribution in [1.29, 1.82) is 0 Å². The molecule has 0 aliphatic heterocycles. The van der Waals surface area contributed by atoms with Crippen LogP contribution in [-0.2, 0) is 31.0 Å². The summed E-state index contributed by atoms with van der Waals surface area (Å²) in [7, 11) is -6.96. The fourth-order valence-electron chi connectivity index (χ4n) is 3.80. The van der Waals surface area contributed by atoms with Crippen LogP contribution in [0.25, 0.3) is 0 Å². The van der Waals surface area contributed by atoms with Gasteiger partial charge in [-0.15, -0.1) is 0 Å². The van der Waals surface area contributed by atoms with E-state index in [1.807, 2.05) is 0 Å². The van der Waals surface area contributed by atoms with E-state index in [-0.39, 0.29) is 26.9 Å². The van der Waals surface area contributed by atoms with Gasteiger partial charge in [0.1, 0.15) is 12.3 Å². The van der Waals surface area contributed by atoms with Crippen LogP contribution in [0.15, 0.2) is 113 Å². The lowest BCUT2D eigenvalue weighted by Gasteiger charge is -2.24. The minimum Gasteiger partial charge on any atom is -0.497 e. The van der Waals surface area contributed by atoms with Gasteiger partial charge in [-0.3, -0.25) is 13.8 Å². The minimum atomic E-state index is -4.65. The first-order chi connectivity index (χ1) is 19.8. The minimum absolute atomic E-state index is 0.0311. The van der Waals surface area contributed by atoms with Gasteiger partial charge in [0.2, 0.25) is 5.91 Å². The second kappa shape index (κ2) is 12.1. The largest absolute Gasteiger partial charge is 0.497 e. The van der Waals surface area contributed by atoms with Gasteiger partial charge in [0.05, 0.1) is 28.2 Å². The number of hydrogen-bond acceptors (Lipinski definition) is 6. The maximum atomic E-state index is 13.4. The zero-order valence-corrected chi connectivity index (χ0v) is 23.5. The molecular weight excluding hydrogens is 595 g/mol. The first kappa shape index (κ1) is 30.4. The summed E-state index contributed by atoms with van der Waals surface area (Å²) in [5.74, 6) is -0.235. The van der Waals surface area contributed by atoms with Gasteiger partial charge in [0.15, 0.2) is 0 Å². The molecule has 4 rings (SSSR count). The Morgan fingerprint density at radius 2 is 1.43 bits per heavy atom. The molecule has 0 aromatic heterocycles. The number of methoxy groups -OCH3 is 1. The van der Waals surface area contributed by atoms with Crippen LogP contribution >= 0.6 is 0 Å². The topological polar surface area (TPSA) is 122 Å². The number of amides is 1. The number of alkyl halides is 3. The SMILES string of the molecule is COc1ccc(N(CC(=O)Nc2ccc(S(=O)(=O)Nc3cccc(C(F)(F)F)c3)cc2)S(=O)(=O)c2ccccc2)cc1. The van der Waals surface area contributed by atoms with Crippen LogP contribution in [0.3, 0.4) is 0 Å². The monoisotopic (exact) mass is 619 g/mol. The summed E-state index contributed by atoms with van der Waals surface area (Å²) in [5, 5.41) is 2.53. The molecule has 0 saturated heterocycles. The van der Waals surface area contributed by atoms with Crippen LogP contribution in [-0.4, -0.2) is 36.4 Å². The lowest BCUT2D eigenvalue weighted by Crippen LogP contribution is -2.38. The first-order valence-electron chi connectivity index (χ1n) is 12.1. The van der Waals surface area contributed by atoms with E-state index in [1.165, 1.54) is 49.6 Å².